The van der Waals surface area contributed by atoms with Gasteiger partial charge in [0, 0.05) is 19.5 Å². The summed E-state index contributed by atoms with van der Waals surface area (Å²) in [5, 5.41) is 2.80. The van der Waals surface area contributed by atoms with Gasteiger partial charge in [0.15, 0.2) is 0 Å². The second-order valence-electron chi connectivity index (χ2n) is 5.19. The van der Waals surface area contributed by atoms with E-state index in [1.54, 1.807) is 0 Å². The minimum atomic E-state index is -0.793. The lowest BCUT2D eigenvalue weighted by Crippen LogP contribution is -2.58. The smallest absolute Gasteiger partial charge is 0.308 e. The number of benzene rings is 1. The van der Waals surface area contributed by atoms with Gasteiger partial charge < -0.3 is 15.0 Å². The highest BCUT2D eigenvalue weighted by Gasteiger charge is 2.34. The van der Waals surface area contributed by atoms with Gasteiger partial charge in [-0.25, -0.2) is 0 Å². The average Bonchev–Trinajstić information content (AvgIpc) is 2.57. The molecule has 0 aliphatic carbocycles. The summed E-state index contributed by atoms with van der Waals surface area (Å²) in [5.41, 5.74) is 1.08. The molecule has 2 rings (SSSR count). The number of nitrogens with one attached hydrogen (secondary N) is 1. The molecule has 1 N–H and O–H groups in total. The summed E-state index contributed by atoms with van der Waals surface area (Å²) in [6.07, 6.45) is 0.493. The summed E-state index contributed by atoms with van der Waals surface area (Å²) in [6.45, 7) is 1.05. The maximum Gasteiger partial charge on any atom is 0.308 e. The van der Waals surface area contributed by atoms with Gasteiger partial charge in [-0.15, -0.1) is 0 Å². The van der Waals surface area contributed by atoms with Crippen LogP contribution < -0.4 is 5.32 Å². The van der Waals surface area contributed by atoms with Gasteiger partial charge in [-0.1, -0.05) is 46.3 Å². The fourth-order valence-corrected chi connectivity index (χ4v) is 2.76. The first-order valence-electron chi connectivity index (χ1n) is 7.44. The van der Waals surface area contributed by atoms with Crippen molar-refractivity contribution < 1.29 is 19.1 Å². The molecule has 0 aromatic heterocycles. The lowest BCUT2D eigenvalue weighted by Gasteiger charge is -2.34. The van der Waals surface area contributed by atoms with Crippen molar-refractivity contribution in [3.05, 3.63) is 35.9 Å². The number of amides is 2. The first kappa shape index (κ1) is 17.5. The predicted octanol–water partition coefficient (Wildman–Crippen LogP) is 0.884. The normalized spacial score (nSPS) is 17.5. The van der Waals surface area contributed by atoms with Crippen molar-refractivity contribution >= 4 is 33.7 Å². The van der Waals surface area contributed by atoms with Gasteiger partial charge >= 0.3 is 5.97 Å². The van der Waals surface area contributed by atoms with Crippen LogP contribution in [-0.2, 0) is 25.5 Å². The molecular formula is C16H19BrN2O4. The topological polar surface area (TPSA) is 75.7 Å². The highest BCUT2D eigenvalue weighted by molar-refractivity contribution is 9.09. The Labute approximate surface area is 143 Å². The number of ether oxygens (including phenoxy) is 1. The highest BCUT2D eigenvalue weighted by Crippen LogP contribution is 2.11. The van der Waals surface area contributed by atoms with Gasteiger partial charge in [0.05, 0.1) is 18.4 Å². The van der Waals surface area contributed by atoms with Crippen molar-refractivity contribution in [3.63, 3.8) is 0 Å². The molecule has 2 amide bonds. The Hall–Kier alpha value is -1.89. The first-order chi connectivity index (χ1) is 11.1. The number of hydrogen-bond acceptors (Lipinski definition) is 4. The van der Waals surface area contributed by atoms with E-state index in [2.05, 4.69) is 21.2 Å². The fraction of sp³-hybridized carbons (Fsp3) is 0.438. The number of rotatable bonds is 6. The van der Waals surface area contributed by atoms with E-state index in [-0.39, 0.29) is 30.2 Å². The van der Waals surface area contributed by atoms with E-state index in [9.17, 15) is 14.4 Å². The molecule has 1 fully saturated rings. The summed E-state index contributed by atoms with van der Waals surface area (Å²) in [4.78, 5) is 37.2. The van der Waals surface area contributed by atoms with Gasteiger partial charge in [0.2, 0.25) is 11.8 Å². The quantitative estimate of drug-likeness (QED) is 0.585. The van der Waals surface area contributed by atoms with Crippen LogP contribution in [0.3, 0.4) is 0 Å². The van der Waals surface area contributed by atoms with Crippen molar-refractivity contribution in [1.82, 2.24) is 10.2 Å². The van der Waals surface area contributed by atoms with Gasteiger partial charge in [-0.2, -0.15) is 0 Å². The zero-order valence-electron chi connectivity index (χ0n) is 12.7. The van der Waals surface area contributed by atoms with Crippen LogP contribution in [0.25, 0.3) is 0 Å². The third-order valence-corrected chi connectivity index (χ3v) is 4.10. The molecule has 0 saturated carbocycles. The molecule has 0 spiro atoms. The number of piperazine rings is 1. The number of alkyl halides is 1. The van der Waals surface area contributed by atoms with Crippen LogP contribution in [0.15, 0.2) is 30.3 Å². The van der Waals surface area contributed by atoms with E-state index < -0.39 is 12.0 Å². The van der Waals surface area contributed by atoms with Crippen molar-refractivity contribution in [2.45, 2.75) is 18.9 Å². The fourth-order valence-electron chi connectivity index (χ4n) is 2.44. The van der Waals surface area contributed by atoms with Crippen molar-refractivity contribution in [3.8, 4) is 0 Å². The molecule has 124 valence electrons. The maximum absolute atomic E-state index is 12.0. The Kier molecular flexibility index (Phi) is 6.58. The lowest BCUT2D eigenvalue weighted by molar-refractivity contribution is -0.151. The second kappa shape index (κ2) is 8.67. The molecule has 0 radical (unpaired) electrons. The predicted molar refractivity (Wildman–Crippen MR) is 88.0 cm³/mol. The lowest BCUT2D eigenvalue weighted by atomic mass is 10.1. The Balaban J connectivity index is 1.84. The molecule has 0 bridgehead atoms. The molecule has 6 nitrogen and oxygen atoms in total. The zero-order chi connectivity index (χ0) is 16.7. The number of halogens is 1. The van der Waals surface area contributed by atoms with E-state index in [0.717, 1.165) is 5.56 Å². The molecule has 0 unspecified atom stereocenters. The molecule has 1 saturated heterocycles. The monoisotopic (exact) mass is 382 g/mol. The molecule has 1 aromatic rings. The Morgan fingerprint density at radius 1 is 1.30 bits per heavy atom. The molecular weight excluding hydrogens is 364 g/mol. The molecule has 1 atom stereocenters. The summed E-state index contributed by atoms with van der Waals surface area (Å²) in [5.74, 6) is -0.997. The van der Waals surface area contributed by atoms with E-state index in [4.69, 9.17) is 4.74 Å². The highest BCUT2D eigenvalue weighted by atomic mass is 79.9. The third-order valence-electron chi connectivity index (χ3n) is 3.62. The summed E-state index contributed by atoms with van der Waals surface area (Å²) in [6, 6.07) is 8.89. The number of nitrogens with zero attached hydrogens (tertiary/aromatic N) is 1. The van der Waals surface area contributed by atoms with Gasteiger partial charge in [0.1, 0.15) is 6.04 Å². The minimum absolute atomic E-state index is 0.125. The largest absolute Gasteiger partial charge is 0.465 e. The molecule has 1 aliphatic heterocycles. The van der Waals surface area contributed by atoms with Crippen molar-refractivity contribution in [2.75, 3.05) is 25.0 Å². The summed E-state index contributed by atoms with van der Waals surface area (Å²) < 4.78 is 5.19. The minimum Gasteiger partial charge on any atom is -0.465 e. The molecule has 1 heterocycles. The van der Waals surface area contributed by atoms with Crippen LogP contribution in [0.1, 0.15) is 12.0 Å². The van der Waals surface area contributed by atoms with Crippen LogP contribution in [0, 0.1) is 0 Å². The van der Waals surface area contributed by atoms with E-state index in [1.165, 1.54) is 4.90 Å². The van der Waals surface area contributed by atoms with Gasteiger partial charge in [-0.05, 0) is 5.56 Å². The number of esters is 1. The third kappa shape index (κ3) is 5.06. The van der Waals surface area contributed by atoms with Gasteiger partial charge in [-0.3, -0.25) is 14.4 Å². The van der Waals surface area contributed by atoms with E-state index in [1.807, 2.05) is 30.3 Å². The Bertz CT molecular complexity index is 564. The molecule has 1 aromatic carbocycles. The number of hydrogen-bond donors (Lipinski definition) is 1. The standard InChI is InChI=1S/C16H19BrN2O4/c17-11-14(20)19-8-7-18-16(22)13(19)10-15(21)23-9-6-12-4-2-1-3-5-12/h1-5,13H,6-11H2,(H,18,22)/t13-/m1/s1. The zero-order valence-corrected chi connectivity index (χ0v) is 14.3. The van der Waals surface area contributed by atoms with Crippen LogP contribution in [0.2, 0.25) is 0 Å². The summed E-state index contributed by atoms with van der Waals surface area (Å²) in [7, 11) is 0. The number of carbonyl (C=O) groups excluding carboxylic acids is 3. The number of carbonyl (C=O) groups is 3. The van der Waals surface area contributed by atoms with Crippen LogP contribution in [-0.4, -0.2) is 53.8 Å². The SMILES string of the molecule is O=C(C[C@@H]1C(=O)NCCN1C(=O)CBr)OCCc1ccccc1. The van der Waals surface area contributed by atoms with Crippen molar-refractivity contribution in [1.29, 1.82) is 0 Å². The van der Waals surface area contributed by atoms with Gasteiger partial charge in [0.25, 0.3) is 0 Å². The van der Waals surface area contributed by atoms with Crippen molar-refractivity contribution in [2.24, 2.45) is 0 Å². The molecule has 1 aliphatic rings. The Morgan fingerprint density at radius 2 is 2.04 bits per heavy atom. The molecule has 7 heteroatoms. The second-order valence-corrected chi connectivity index (χ2v) is 5.75. The Morgan fingerprint density at radius 3 is 2.74 bits per heavy atom. The first-order valence-corrected chi connectivity index (χ1v) is 8.56. The van der Waals surface area contributed by atoms with E-state index in [0.29, 0.717) is 19.5 Å². The summed E-state index contributed by atoms with van der Waals surface area (Å²) >= 11 is 3.09. The maximum atomic E-state index is 12.0. The molecule has 23 heavy (non-hydrogen) atoms. The van der Waals surface area contributed by atoms with Crippen LogP contribution in [0.4, 0.5) is 0 Å². The average molecular weight is 383 g/mol. The van der Waals surface area contributed by atoms with Crippen LogP contribution in [0.5, 0.6) is 0 Å². The van der Waals surface area contributed by atoms with Crippen LogP contribution >= 0.6 is 15.9 Å². The van der Waals surface area contributed by atoms with E-state index >= 15 is 0 Å².